The van der Waals surface area contributed by atoms with Crippen molar-refractivity contribution >= 4 is 35.2 Å². The van der Waals surface area contributed by atoms with Gasteiger partial charge in [0.1, 0.15) is 5.37 Å². The van der Waals surface area contributed by atoms with Crippen LogP contribution >= 0.6 is 23.4 Å². The topological polar surface area (TPSA) is 59.1 Å². The molecule has 35 heavy (non-hydrogen) atoms. The van der Waals surface area contributed by atoms with E-state index in [9.17, 15) is 9.59 Å². The lowest BCUT2D eigenvalue weighted by molar-refractivity contribution is -0.128. The molecule has 1 heterocycles. The molecule has 4 rings (SSSR count). The predicted octanol–water partition coefficient (Wildman–Crippen LogP) is 5.40. The summed E-state index contributed by atoms with van der Waals surface area (Å²) in [7, 11) is 4.95. The Kier molecular flexibility index (Phi) is 7.88. The quantitative estimate of drug-likeness (QED) is 0.406. The fourth-order valence-electron chi connectivity index (χ4n) is 4.02. The molecule has 0 bridgehead atoms. The van der Waals surface area contributed by atoms with Crippen molar-refractivity contribution in [1.82, 2.24) is 9.80 Å². The molecule has 0 aromatic heterocycles. The van der Waals surface area contributed by atoms with Crippen LogP contribution in [0.4, 0.5) is 0 Å². The van der Waals surface area contributed by atoms with Crippen molar-refractivity contribution in [3.63, 3.8) is 0 Å². The largest absolute Gasteiger partial charge is 0.493 e. The van der Waals surface area contributed by atoms with E-state index in [1.165, 1.54) is 0 Å². The normalized spacial score (nSPS) is 15.3. The maximum absolute atomic E-state index is 13.0. The molecule has 6 nitrogen and oxygen atoms in total. The zero-order valence-electron chi connectivity index (χ0n) is 19.9. The number of carbonyl (C=O) groups is 2. The highest BCUT2D eigenvalue weighted by Gasteiger charge is 2.32. The fourth-order valence-corrected chi connectivity index (χ4v) is 5.34. The van der Waals surface area contributed by atoms with Crippen LogP contribution in [-0.2, 0) is 17.9 Å². The maximum Gasteiger partial charge on any atom is 0.253 e. The molecule has 3 aromatic carbocycles. The molecule has 3 aromatic rings. The molecule has 2 amide bonds. The minimum atomic E-state index is -0.0909. The van der Waals surface area contributed by atoms with E-state index in [0.29, 0.717) is 40.9 Å². The summed E-state index contributed by atoms with van der Waals surface area (Å²) in [6.45, 7) is 0.950. The zero-order chi connectivity index (χ0) is 24.9. The Hall–Kier alpha value is -3.16. The number of nitrogens with zero attached hydrogens (tertiary/aromatic N) is 2. The van der Waals surface area contributed by atoms with E-state index in [-0.39, 0.29) is 17.2 Å². The summed E-state index contributed by atoms with van der Waals surface area (Å²) in [6.07, 6.45) is 0. The van der Waals surface area contributed by atoms with Crippen LogP contribution in [0.3, 0.4) is 0 Å². The predicted molar refractivity (Wildman–Crippen MR) is 139 cm³/mol. The number of methoxy groups -OCH3 is 2. The molecule has 0 radical (unpaired) electrons. The Balaban J connectivity index is 1.44. The van der Waals surface area contributed by atoms with E-state index in [2.05, 4.69) is 0 Å². The monoisotopic (exact) mass is 510 g/mol. The number of hydrogen-bond acceptors (Lipinski definition) is 5. The van der Waals surface area contributed by atoms with Crippen LogP contribution < -0.4 is 9.47 Å². The molecule has 182 valence electrons. The summed E-state index contributed by atoms with van der Waals surface area (Å²) in [5.41, 5.74) is 3.55. The highest BCUT2D eigenvalue weighted by Crippen LogP contribution is 2.39. The van der Waals surface area contributed by atoms with Gasteiger partial charge in [-0.2, -0.15) is 0 Å². The van der Waals surface area contributed by atoms with Gasteiger partial charge in [-0.05, 0) is 53.1 Å². The van der Waals surface area contributed by atoms with Crippen molar-refractivity contribution in [3.05, 3.63) is 94.0 Å². The van der Waals surface area contributed by atoms with Crippen LogP contribution in [0.2, 0.25) is 5.02 Å². The van der Waals surface area contributed by atoms with E-state index in [4.69, 9.17) is 21.1 Å². The third kappa shape index (κ3) is 5.74. The molecule has 8 heteroatoms. The summed E-state index contributed by atoms with van der Waals surface area (Å²) < 4.78 is 10.6. The number of halogens is 1. The van der Waals surface area contributed by atoms with E-state index < -0.39 is 0 Å². The molecule has 0 spiro atoms. The van der Waals surface area contributed by atoms with Gasteiger partial charge in [-0.15, -0.1) is 11.8 Å². The summed E-state index contributed by atoms with van der Waals surface area (Å²) in [6, 6.07) is 20.7. The Morgan fingerprint density at radius 2 is 1.66 bits per heavy atom. The average molecular weight is 511 g/mol. The molecule has 0 N–H and O–H groups in total. The van der Waals surface area contributed by atoms with E-state index in [0.717, 1.165) is 16.7 Å². The van der Waals surface area contributed by atoms with Crippen LogP contribution in [-0.4, -0.2) is 48.6 Å². The SMILES string of the molecule is COc1ccc(CN(C)C(=O)c2ccc([C@@H]3SCC(=O)N3Cc3ccc(Cl)cc3)cc2)cc1OC. The lowest BCUT2D eigenvalue weighted by Crippen LogP contribution is -2.28. The molecule has 1 fully saturated rings. The first-order valence-corrected chi connectivity index (χ1v) is 12.5. The van der Waals surface area contributed by atoms with Crippen LogP contribution in [0.15, 0.2) is 66.7 Å². The van der Waals surface area contributed by atoms with Gasteiger partial charge >= 0.3 is 0 Å². The molecule has 1 saturated heterocycles. The van der Waals surface area contributed by atoms with Crippen molar-refractivity contribution in [1.29, 1.82) is 0 Å². The lowest BCUT2D eigenvalue weighted by Gasteiger charge is -2.25. The summed E-state index contributed by atoms with van der Waals surface area (Å²) in [5.74, 6) is 1.73. The number of carbonyl (C=O) groups excluding carboxylic acids is 2. The molecular weight excluding hydrogens is 484 g/mol. The molecule has 0 aliphatic carbocycles. The summed E-state index contributed by atoms with van der Waals surface area (Å²) >= 11 is 7.58. The molecular formula is C27H27ClN2O4S. The van der Waals surface area contributed by atoms with E-state index in [1.807, 2.05) is 71.6 Å². The molecule has 1 aliphatic heterocycles. The fraction of sp³-hybridized carbons (Fsp3) is 0.259. The Morgan fingerprint density at radius 3 is 2.31 bits per heavy atom. The van der Waals surface area contributed by atoms with Crippen LogP contribution in [0.1, 0.15) is 32.4 Å². The number of ether oxygens (including phenoxy) is 2. The highest BCUT2D eigenvalue weighted by atomic mass is 35.5. The van der Waals surface area contributed by atoms with Gasteiger partial charge in [0.15, 0.2) is 11.5 Å². The Morgan fingerprint density at radius 1 is 1.00 bits per heavy atom. The third-order valence-corrected chi connectivity index (χ3v) is 7.40. The smallest absolute Gasteiger partial charge is 0.253 e. The zero-order valence-corrected chi connectivity index (χ0v) is 21.4. The number of benzene rings is 3. The summed E-state index contributed by atoms with van der Waals surface area (Å²) in [4.78, 5) is 29.1. The van der Waals surface area contributed by atoms with Crippen molar-refractivity contribution in [2.45, 2.75) is 18.5 Å². The van der Waals surface area contributed by atoms with E-state index in [1.54, 1.807) is 37.9 Å². The Bertz CT molecular complexity index is 1200. The van der Waals surface area contributed by atoms with Gasteiger partial charge in [0.25, 0.3) is 5.91 Å². The molecule has 1 atom stereocenters. The minimum Gasteiger partial charge on any atom is -0.493 e. The van der Waals surface area contributed by atoms with Crippen molar-refractivity contribution in [3.8, 4) is 11.5 Å². The number of amides is 2. The standard InChI is InChI=1S/C27H27ClN2O4S/c1-29(15-19-6-13-23(33-2)24(14-19)34-3)26(32)20-7-9-21(10-8-20)27-30(25(31)17-35-27)16-18-4-11-22(28)12-5-18/h4-14,27H,15-17H2,1-3H3/t27-/m0/s1. The number of rotatable bonds is 8. The van der Waals surface area contributed by atoms with Gasteiger partial charge in [-0.1, -0.05) is 41.9 Å². The van der Waals surface area contributed by atoms with Crippen LogP contribution in [0, 0.1) is 0 Å². The third-order valence-electron chi connectivity index (χ3n) is 5.89. The molecule has 1 aliphatic rings. The second-order valence-corrected chi connectivity index (χ2v) is 9.79. The first kappa shape index (κ1) is 24.9. The molecule has 0 unspecified atom stereocenters. The lowest BCUT2D eigenvalue weighted by atomic mass is 10.1. The first-order chi connectivity index (χ1) is 16.9. The van der Waals surface area contributed by atoms with Crippen molar-refractivity contribution < 1.29 is 19.1 Å². The van der Waals surface area contributed by atoms with Gasteiger partial charge in [0.05, 0.1) is 20.0 Å². The van der Waals surface area contributed by atoms with Gasteiger partial charge < -0.3 is 19.3 Å². The maximum atomic E-state index is 13.0. The van der Waals surface area contributed by atoms with Crippen molar-refractivity contribution in [2.24, 2.45) is 0 Å². The summed E-state index contributed by atoms with van der Waals surface area (Å²) in [5, 5.41) is 0.579. The van der Waals surface area contributed by atoms with Crippen LogP contribution in [0.5, 0.6) is 11.5 Å². The number of thioether (sulfide) groups is 1. The van der Waals surface area contributed by atoms with E-state index >= 15 is 0 Å². The van der Waals surface area contributed by atoms with Crippen molar-refractivity contribution in [2.75, 3.05) is 27.0 Å². The van der Waals surface area contributed by atoms with Gasteiger partial charge in [-0.25, -0.2) is 0 Å². The highest BCUT2D eigenvalue weighted by molar-refractivity contribution is 8.00. The minimum absolute atomic E-state index is 0.0838. The average Bonchev–Trinajstić information content (AvgIpc) is 3.24. The number of hydrogen-bond donors (Lipinski definition) is 0. The second-order valence-electron chi connectivity index (χ2n) is 8.28. The molecule has 0 saturated carbocycles. The second kappa shape index (κ2) is 11.1. The van der Waals surface area contributed by atoms with Gasteiger partial charge in [-0.3, -0.25) is 9.59 Å². The van der Waals surface area contributed by atoms with Crippen LogP contribution in [0.25, 0.3) is 0 Å². The van der Waals surface area contributed by atoms with Gasteiger partial charge in [0, 0.05) is 30.7 Å². The first-order valence-electron chi connectivity index (χ1n) is 11.1. The van der Waals surface area contributed by atoms with Gasteiger partial charge in [0.2, 0.25) is 5.91 Å². The Labute approximate surface area is 214 Å².